The highest BCUT2D eigenvalue weighted by atomic mass is 16.8. The van der Waals surface area contributed by atoms with Crippen molar-refractivity contribution in [2.45, 2.75) is 210 Å². The van der Waals surface area contributed by atoms with Gasteiger partial charge in [0.15, 0.2) is 18.9 Å². The van der Waals surface area contributed by atoms with Gasteiger partial charge in [-0.2, -0.15) is 0 Å². The number of esters is 2. The summed E-state index contributed by atoms with van der Waals surface area (Å²) in [5, 5.41) is 34.5. The van der Waals surface area contributed by atoms with E-state index in [1.54, 1.807) is 33.3 Å². The monoisotopic (exact) mass is 945 g/mol. The number of aliphatic hydroxyl groups excluding tert-OH is 2. The van der Waals surface area contributed by atoms with Crippen molar-refractivity contribution in [1.29, 1.82) is 0 Å². The Kier molecular flexibility index (Phi) is 15.4. The number of benzene rings is 1. The second kappa shape index (κ2) is 20.3. The summed E-state index contributed by atoms with van der Waals surface area (Å²) in [5.41, 5.74) is -0.495. The molecule has 7 aliphatic rings. The summed E-state index contributed by atoms with van der Waals surface area (Å²) >= 11 is 0. The molecule has 0 spiro atoms. The molecule has 0 amide bonds. The van der Waals surface area contributed by atoms with Crippen LogP contribution >= 0.6 is 0 Å². The van der Waals surface area contributed by atoms with E-state index in [-0.39, 0.29) is 41.3 Å². The lowest BCUT2D eigenvalue weighted by Gasteiger charge is -2.63. The first-order valence-electron chi connectivity index (χ1n) is 24.6. The van der Waals surface area contributed by atoms with Gasteiger partial charge in [0, 0.05) is 52.4 Å². The molecule has 16 heteroatoms. The third-order valence-electron chi connectivity index (χ3n) is 17.4. The molecule has 7 unspecified atom stereocenters. The number of hydrogen-bond donors (Lipinski definition) is 3. The van der Waals surface area contributed by atoms with Crippen LogP contribution in [0.25, 0.3) is 0 Å². The van der Waals surface area contributed by atoms with Gasteiger partial charge in [-0.25, -0.2) is 4.79 Å². The van der Waals surface area contributed by atoms with E-state index in [4.69, 9.17) is 52.1 Å². The van der Waals surface area contributed by atoms with Gasteiger partial charge in [-0.1, -0.05) is 43.7 Å². The fourth-order valence-corrected chi connectivity index (χ4v) is 13.7. The molecule has 3 saturated carbocycles. The zero-order valence-electron chi connectivity index (χ0n) is 40.9. The molecule has 8 rings (SSSR count). The van der Waals surface area contributed by atoms with Gasteiger partial charge in [0.05, 0.1) is 47.8 Å². The third-order valence-corrected chi connectivity index (χ3v) is 17.4. The number of hydrogen-bond acceptors (Lipinski definition) is 16. The Balaban J connectivity index is 0.913. The first-order chi connectivity index (χ1) is 31.9. The first-order valence-corrected chi connectivity index (χ1v) is 24.6. The van der Waals surface area contributed by atoms with Crippen LogP contribution in [0.4, 0.5) is 0 Å². The lowest BCUT2D eigenvalue weighted by molar-refractivity contribution is -0.352. The SMILES string of the molecule is CO[C@@H]1C(O)[C@H](O[C@@H]2C(C)O[C@@H](O[C@@H]3C(C)O[C@@H](O[C@H]4CC[C@@]5(C)C(=CCC6C5C[C@@H](OC(=O)c5ccccc5)[C@]5(C)[C@@H](C(C)OC(C)=O)CC[C@]65O)C4)C[C@H]3OC)C[C@H]2OC)OC(C)[C@H]1O. The summed E-state index contributed by atoms with van der Waals surface area (Å²) in [7, 11) is 4.68. The van der Waals surface area contributed by atoms with Crippen molar-refractivity contribution in [3.63, 3.8) is 0 Å². The van der Waals surface area contributed by atoms with Crippen LogP contribution in [-0.4, -0.2) is 152 Å². The van der Waals surface area contributed by atoms with E-state index in [9.17, 15) is 24.9 Å². The van der Waals surface area contributed by atoms with Crippen molar-refractivity contribution in [3.8, 4) is 0 Å². The van der Waals surface area contributed by atoms with Crippen LogP contribution in [-0.2, 0) is 56.9 Å². The number of carbonyl (C=O) groups is 2. The topological polar surface area (TPSA) is 196 Å². The Hall–Kier alpha value is -2.58. The lowest BCUT2D eigenvalue weighted by atomic mass is 9.44. The average Bonchev–Trinajstić information content (AvgIpc) is 3.59. The van der Waals surface area contributed by atoms with Gasteiger partial charge in [-0.15, -0.1) is 0 Å². The Morgan fingerprint density at radius 3 is 2.03 bits per heavy atom. The zero-order chi connectivity index (χ0) is 48.2. The zero-order valence-corrected chi connectivity index (χ0v) is 40.9. The summed E-state index contributed by atoms with van der Waals surface area (Å²) < 4.78 is 68.0. The van der Waals surface area contributed by atoms with Crippen molar-refractivity contribution in [2.24, 2.45) is 28.6 Å². The summed E-state index contributed by atoms with van der Waals surface area (Å²) in [6.07, 6.45) is -2.10. The average molecular weight is 945 g/mol. The van der Waals surface area contributed by atoms with E-state index in [1.165, 1.54) is 19.6 Å². The van der Waals surface area contributed by atoms with Crippen LogP contribution in [0.15, 0.2) is 42.0 Å². The number of ether oxygens (including phenoxy) is 11. The summed E-state index contributed by atoms with van der Waals surface area (Å²) in [6, 6.07) is 9.00. The molecule has 1 aromatic carbocycles. The highest BCUT2D eigenvalue weighted by molar-refractivity contribution is 5.89. The van der Waals surface area contributed by atoms with Crippen molar-refractivity contribution in [1.82, 2.24) is 0 Å². The van der Waals surface area contributed by atoms with Crippen molar-refractivity contribution >= 4 is 11.9 Å². The number of allylic oxidation sites excluding steroid dienone is 1. The van der Waals surface area contributed by atoms with E-state index < -0.39 is 103 Å². The highest BCUT2D eigenvalue weighted by Gasteiger charge is 2.72. The molecular weight excluding hydrogens is 869 g/mol. The molecule has 3 saturated heterocycles. The third kappa shape index (κ3) is 9.41. The predicted octanol–water partition coefficient (Wildman–Crippen LogP) is 5.40. The van der Waals surface area contributed by atoms with Crippen molar-refractivity contribution in [2.75, 3.05) is 21.3 Å². The second-order valence-corrected chi connectivity index (χ2v) is 20.9. The van der Waals surface area contributed by atoms with Gasteiger partial charge in [-0.3, -0.25) is 4.79 Å². The Morgan fingerprint density at radius 1 is 0.761 bits per heavy atom. The summed E-state index contributed by atoms with van der Waals surface area (Å²) in [6.45, 7) is 13.2. The van der Waals surface area contributed by atoms with Crippen LogP contribution in [0.2, 0.25) is 0 Å². The van der Waals surface area contributed by atoms with Crippen LogP contribution in [0.1, 0.15) is 117 Å². The maximum atomic E-state index is 13.8. The van der Waals surface area contributed by atoms with Gasteiger partial charge >= 0.3 is 11.9 Å². The Bertz CT molecular complexity index is 1900. The van der Waals surface area contributed by atoms with Gasteiger partial charge in [-0.05, 0) is 102 Å². The molecule has 16 nitrogen and oxygen atoms in total. The van der Waals surface area contributed by atoms with Crippen LogP contribution < -0.4 is 0 Å². The molecule has 0 bridgehead atoms. The molecule has 376 valence electrons. The highest BCUT2D eigenvalue weighted by Crippen LogP contribution is 2.69. The number of aliphatic hydroxyl groups is 3. The minimum Gasteiger partial charge on any atom is -0.463 e. The minimum absolute atomic E-state index is 0.0433. The van der Waals surface area contributed by atoms with E-state index >= 15 is 0 Å². The van der Waals surface area contributed by atoms with Crippen molar-refractivity contribution < 1.29 is 77.0 Å². The molecule has 0 radical (unpaired) electrons. The second-order valence-electron chi connectivity index (χ2n) is 20.9. The largest absolute Gasteiger partial charge is 0.463 e. The molecule has 6 fully saturated rings. The van der Waals surface area contributed by atoms with Crippen LogP contribution in [0.3, 0.4) is 0 Å². The van der Waals surface area contributed by atoms with Gasteiger partial charge in [0.1, 0.15) is 42.7 Å². The molecular formula is C51H76O16. The maximum absolute atomic E-state index is 13.8. The number of rotatable bonds is 13. The van der Waals surface area contributed by atoms with Gasteiger partial charge < -0.3 is 67.4 Å². The first kappa shape index (κ1) is 50.8. The Labute approximate surface area is 395 Å². The molecule has 3 heterocycles. The smallest absolute Gasteiger partial charge is 0.338 e. The molecule has 3 N–H and O–H groups in total. The molecule has 1 aromatic rings. The molecule has 3 aliphatic heterocycles. The standard InChI is InChI=1S/C51H76O16/c1-26(60-30(5)52)34-19-21-51(56)35-17-16-32-22-33(18-20-49(32,6)36(35)23-39(50(34,51)7)65-47(55)31-14-12-11-13-15-31)64-40-24-37(57-8)44(28(3)61-40)66-41-25-38(58-9)45(29(4)62-41)67-48-43(54)46(59-10)42(53)27(2)63-48/h11-16,26-29,33-46,48,53-54,56H,17-25H2,1-10H3/t26?,27?,28?,29?,33-,34+,35?,36?,37+,38+,39+,40-,41-,42+,43?,44+,45+,46-,48-,49-,50-,51-/m0/s1. The van der Waals surface area contributed by atoms with Crippen molar-refractivity contribution in [3.05, 3.63) is 47.5 Å². The Morgan fingerprint density at radius 2 is 1.40 bits per heavy atom. The lowest BCUT2D eigenvalue weighted by Crippen LogP contribution is -2.67. The van der Waals surface area contributed by atoms with E-state index in [0.717, 1.165) is 12.8 Å². The number of fused-ring (bicyclic) bond motifs is 5. The maximum Gasteiger partial charge on any atom is 0.338 e. The molecule has 0 aromatic heterocycles. The normalized spacial score (nSPS) is 46.9. The number of carbonyl (C=O) groups excluding carboxylic acids is 2. The van der Waals surface area contributed by atoms with E-state index in [1.807, 2.05) is 39.0 Å². The van der Waals surface area contributed by atoms with Crippen LogP contribution in [0, 0.1) is 28.6 Å². The van der Waals surface area contributed by atoms with Gasteiger partial charge in [0.2, 0.25) is 0 Å². The van der Waals surface area contributed by atoms with Gasteiger partial charge in [0.25, 0.3) is 0 Å². The van der Waals surface area contributed by atoms with E-state index in [2.05, 4.69) is 19.9 Å². The fraction of sp³-hybridized carbons (Fsp3) is 0.804. The molecule has 4 aliphatic carbocycles. The van der Waals surface area contributed by atoms with E-state index in [0.29, 0.717) is 50.5 Å². The summed E-state index contributed by atoms with van der Waals surface area (Å²) in [4.78, 5) is 26.0. The minimum atomic E-state index is -1.22. The fourth-order valence-electron chi connectivity index (χ4n) is 13.7. The predicted molar refractivity (Wildman–Crippen MR) is 240 cm³/mol. The molecule has 22 atom stereocenters. The molecule has 67 heavy (non-hydrogen) atoms. The van der Waals surface area contributed by atoms with Crippen LogP contribution in [0.5, 0.6) is 0 Å². The number of methoxy groups -OCH3 is 3. The summed E-state index contributed by atoms with van der Waals surface area (Å²) in [5.74, 6) is -1.01. The quantitative estimate of drug-likeness (QED) is 0.168.